The Bertz CT molecular complexity index is 341. The smallest absolute Gasteiger partial charge is 0.250 e. The Morgan fingerprint density at radius 1 is 1.64 bits per heavy atom. The van der Waals surface area contributed by atoms with Crippen LogP contribution in [0.1, 0.15) is 0 Å². The van der Waals surface area contributed by atoms with Gasteiger partial charge in [0.15, 0.2) is 5.82 Å². The molecule has 1 atom stereocenters. The molecule has 7 nitrogen and oxygen atoms in total. The minimum absolute atomic E-state index is 0.0499. The third-order valence-corrected chi connectivity index (χ3v) is 1.43. The monoisotopic (exact) mass is 215 g/mol. The molecular weight excluding hydrogens is 206 g/mol. The topological polar surface area (TPSA) is 113 Å². The molecule has 5 N–H and O–H groups in total. The molecule has 0 radical (unpaired) electrons. The van der Waals surface area contributed by atoms with Crippen LogP contribution in [0.25, 0.3) is 0 Å². The number of guanidine groups is 1. The van der Waals surface area contributed by atoms with E-state index in [1.54, 1.807) is 24.4 Å². The van der Waals surface area contributed by atoms with Crippen molar-refractivity contribution >= 4 is 23.0 Å². The number of hydrazine groups is 1. The molecule has 14 heavy (non-hydrogen) atoms. The Kier molecular flexibility index (Phi) is 3.98. The molecule has 76 valence electrons. The van der Waals surface area contributed by atoms with Crippen molar-refractivity contribution in [2.75, 3.05) is 0 Å². The molecule has 1 aromatic rings. The van der Waals surface area contributed by atoms with Crippen LogP contribution in [-0.2, 0) is 11.3 Å². The zero-order valence-corrected chi connectivity index (χ0v) is 7.86. The van der Waals surface area contributed by atoms with Crippen molar-refractivity contribution in [1.82, 2.24) is 15.2 Å². The maximum atomic E-state index is 10.2. The standard InChI is InChI=1S/C6H9N5O2S/c7-6(10-11-14(12)13)9-5-3-1-2-4-8-5/h1-4,11H,(H,12,13)(H3,7,8,9,10). The number of nitrogens with two attached hydrogens (primary N) is 1. The number of aromatic nitrogens is 1. The van der Waals surface area contributed by atoms with Gasteiger partial charge in [0, 0.05) is 6.20 Å². The number of pyridine rings is 1. The highest BCUT2D eigenvalue weighted by molar-refractivity contribution is 7.77. The van der Waals surface area contributed by atoms with Crippen molar-refractivity contribution in [3.05, 3.63) is 24.4 Å². The van der Waals surface area contributed by atoms with E-state index in [1.807, 2.05) is 4.83 Å². The van der Waals surface area contributed by atoms with Gasteiger partial charge in [-0.2, -0.15) is 4.99 Å². The van der Waals surface area contributed by atoms with Gasteiger partial charge in [-0.05, 0) is 12.1 Å². The van der Waals surface area contributed by atoms with Gasteiger partial charge in [-0.15, -0.1) is 4.83 Å². The van der Waals surface area contributed by atoms with Gasteiger partial charge in [-0.25, -0.2) is 9.19 Å². The van der Waals surface area contributed by atoms with E-state index < -0.39 is 11.3 Å². The maximum Gasteiger partial charge on any atom is 0.250 e. The summed E-state index contributed by atoms with van der Waals surface area (Å²) in [4.78, 5) is 9.63. The zero-order chi connectivity index (χ0) is 10.4. The van der Waals surface area contributed by atoms with Crippen LogP contribution in [0.5, 0.6) is 0 Å². The van der Waals surface area contributed by atoms with Crippen LogP contribution in [0.15, 0.2) is 29.4 Å². The van der Waals surface area contributed by atoms with Crippen molar-refractivity contribution in [3.63, 3.8) is 0 Å². The molecule has 0 saturated heterocycles. The Morgan fingerprint density at radius 2 is 2.43 bits per heavy atom. The second-order valence-electron chi connectivity index (χ2n) is 2.16. The maximum absolute atomic E-state index is 10.2. The number of hydrogen-bond donors (Lipinski definition) is 4. The predicted molar refractivity (Wildman–Crippen MR) is 52.6 cm³/mol. The van der Waals surface area contributed by atoms with Crippen LogP contribution in [0.4, 0.5) is 5.82 Å². The first kappa shape index (κ1) is 10.6. The predicted octanol–water partition coefficient (Wildman–Crippen LogP) is -0.741. The molecule has 0 spiro atoms. The lowest BCUT2D eigenvalue weighted by Crippen LogP contribution is -2.42. The molecule has 0 amide bonds. The lowest BCUT2D eigenvalue weighted by atomic mass is 10.5. The molecule has 1 heterocycles. The van der Waals surface area contributed by atoms with Gasteiger partial charge >= 0.3 is 0 Å². The summed E-state index contributed by atoms with van der Waals surface area (Å²) in [5.41, 5.74) is 7.56. The van der Waals surface area contributed by atoms with Crippen LogP contribution in [0.2, 0.25) is 0 Å². The number of aliphatic imine (C=N–C) groups is 1. The fourth-order valence-electron chi connectivity index (χ4n) is 0.667. The van der Waals surface area contributed by atoms with Gasteiger partial charge in [0.05, 0.1) is 0 Å². The summed E-state index contributed by atoms with van der Waals surface area (Å²) in [6.45, 7) is 0. The van der Waals surface area contributed by atoms with Crippen LogP contribution in [0, 0.1) is 0 Å². The second-order valence-corrected chi connectivity index (χ2v) is 2.86. The first-order chi connectivity index (χ1) is 6.68. The molecule has 0 saturated carbocycles. The Balaban J connectivity index is 2.56. The number of nitrogens with one attached hydrogen (secondary N) is 2. The van der Waals surface area contributed by atoms with Gasteiger partial charge in [-0.3, -0.25) is 9.98 Å². The van der Waals surface area contributed by atoms with Crippen molar-refractivity contribution in [1.29, 1.82) is 0 Å². The third-order valence-electron chi connectivity index (χ3n) is 1.15. The lowest BCUT2D eigenvalue weighted by molar-refractivity contribution is 0.544. The first-order valence-electron chi connectivity index (χ1n) is 3.56. The average Bonchev–Trinajstić information content (AvgIpc) is 2.16. The third kappa shape index (κ3) is 3.94. The van der Waals surface area contributed by atoms with Crippen molar-refractivity contribution in [3.8, 4) is 0 Å². The van der Waals surface area contributed by atoms with Gasteiger partial charge in [0.2, 0.25) is 5.96 Å². The molecule has 0 aromatic carbocycles. The van der Waals surface area contributed by atoms with Crippen LogP contribution in [-0.4, -0.2) is 19.7 Å². The Morgan fingerprint density at radius 3 is 3.00 bits per heavy atom. The normalized spacial score (nSPS) is 13.6. The second kappa shape index (κ2) is 5.27. The van der Waals surface area contributed by atoms with E-state index >= 15 is 0 Å². The van der Waals surface area contributed by atoms with Gasteiger partial charge in [-0.1, -0.05) is 6.07 Å². The van der Waals surface area contributed by atoms with Gasteiger partial charge < -0.3 is 5.73 Å². The van der Waals surface area contributed by atoms with Crippen LogP contribution in [0.3, 0.4) is 0 Å². The van der Waals surface area contributed by atoms with Crippen LogP contribution >= 0.6 is 0 Å². The summed E-state index contributed by atoms with van der Waals surface area (Å²) < 4.78 is 18.5. The average molecular weight is 215 g/mol. The number of hydrogen-bond acceptors (Lipinski definition) is 3. The van der Waals surface area contributed by atoms with Crippen LogP contribution < -0.4 is 16.0 Å². The van der Waals surface area contributed by atoms with E-state index in [0.717, 1.165) is 0 Å². The molecule has 0 aliphatic rings. The van der Waals surface area contributed by atoms with Crippen molar-refractivity contribution in [2.24, 2.45) is 10.7 Å². The summed E-state index contributed by atoms with van der Waals surface area (Å²) in [6, 6.07) is 5.13. The quantitative estimate of drug-likeness (QED) is 0.229. The van der Waals surface area contributed by atoms with E-state index in [4.69, 9.17) is 10.3 Å². The molecule has 0 aliphatic carbocycles. The number of nitrogens with zero attached hydrogens (tertiary/aromatic N) is 2. The minimum Gasteiger partial charge on any atom is -0.369 e. The summed E-state index contributed by atoms with van der Waals surface area (Å²) in [7, 11) is 0. The molecule has 8 heteroatoms. The molecule has 0 aliphatic heterocycles. The largest absolute Gasteiger partial charge is 0.369 e. The van der Waals surface area contributed by atoms with Crippen molar-refractivity contribution in [2.45, 2.75) is 0 Å². The van der Waals surface area contributed by atoms with E-state index in [1.165, 1.54) is 0 Å². The zero-order valence-electron chi connectivity index (χ0n) is 7.04. The summed E-state index contributed by atoms with van der Waals surface area (Å²) in [6.07, 6.45) is 1.56. The summed E-state index contributed by atoms with van der Waals surface area (Å²) in [5, 5.41) is 0. The Hall–Kier alpha value is -1.51. The van der Waals surface area contributed by atoms with E-state index in [2.05, 4.69) is 15.4 Å². The highest BCUT2D eigenvalue weighted by Crippen LogP contribution is 2.03. The Labute approximate surface area is 82.8 Å². The first-order valence-corrected chi connectivity index (χ1v) is 4.67. The van der Waals surface area contributed by atoms with E-state index in [9.17, 15) is 4.21 Å². The van der Waals surface area contributed by atoms with Crippen molar-refractivity contribution < 1.29 is 8.76 Å². The fourth-order valence-corrected chi connectivity index (χ4v) is 0.859. The fraction of sp³-hybridized carbons (Fsp3) is 0. The van der Waals surface area contributed by atoms with E-state index in [0.29, 0.717) is 5.82 Å². The summed E-state index contributed by atoms with van der Waals surface area (Å²) in [5.74, 6) is 0.356. The molecular formula is C6H9N5O2S. The highest BCUT2D eigenvalue weighted by Gasteiger charge is 1.94. The van der Waals surface area contributed by atoms with Gasteiger partial charge in [0.1, 0.15) is 0 Å². The van der Waals surface area contributed by atoms with E-state index in [-0.39, 0.29) is 5.96 Å². The molecule has 1 aromatic heterocycles. The molecule has 0 fully saturated rings. The molecule has 1 rings (SSSR count). The molecule has 0 bridgehead atoms. The number of rotatable bonds is 3. The highest BCUT2D eigenvalue weighted by atomic mass is 32.2. The minimum atomic E-state index is -2.19. The SMILES string of the molecule is NC(=Nc1ccccn1)NNS(=O)O. The lowest BCUT2D eigenvalue weighted by Gasteiger charge is -2.02. The molecule has 1 unspecified atom stereocenters. The summed E-state index contributed by atoms with van der Waals surface area (Å²) >= 11 is -2.19. The van der Waals surface area contributed by atoms with Gasteiger partial charge in [0.25, 0.3) is 11.3 Å².